The van der Waals surface area contributed by atoms with Crippen molar-refractivity contribution in [3.8, 4) is 0 Å². The van der Waals surface area contributed by atoms with E-state index in [0.29, 0.717) is 29.2 Å². The lowest BCUT2D eigenvalue weighted by molar-refractivity contribution is -0.248. The second kappa shape index (κ2) is 9.66. The Bertz CT molecular complexity index is 1280. The first-order valence-corrected chi connectivity index (χ1v) is 16.5. The maximum absolute atomic E-state index is 13.4. The summed E-state index contributed by atoms with van der Waals surface area (Å²) in [5.74, 6) is 0.599. The van der Waals surface area contributed by atoms with Gasteiger partial charge in [0.05, 0.1) is 11.0 Å². The molecule has 5 fully saturated rings. The van der Waals surface area contributed by atoms with Crippen LogP contribution >= 0.6 is 0 Å². The molecule has 0 amide bonds. The number of ether oxygens (including phenoxy) is 1. The van der Waals surface area contributed by atoms with E-state index < -0.39 is 11.4 Å². The summed E-state index contributed by atoms with van der Waals surface area (Å²) in [6, 6.07) is 5.65. The summed E-state index contributed by atoms with van der Waals surface area (Å²) in [5.41, 5.74) is 1.18. The summed E-state index contributed by atoms with van der Waals surface area (Å²) in [4.78, 5) is 26.0. The van der Waals surface area contributed by atoms with E-state index in [4.69, 9.17) is 4.74 Å². The summed E-state index contributed by atoms with van der Waals surface area (Å²) in [7, 11) is 0. The first kappa shape index (κ1) is 29.9. The van der Waals surface area contributed by atoms with E-state index in [2.05, 4.69) is 48.1 Å². The number of rotatable bonds is 4. The number of carbonyl (C=O) groups is 2. The minimum Gasteiger partial charge on any atom is -0.481 e. The monoisotopic (exact) mass is 578 g/mol. The number of carbonyl (C=O) groups excluding carboxylic acids is 1. The van der Waals surface area contributed by atoms with Crippen LogP contribution in [-0.4, -0.2) is 23.1 Å². The Balaban J connectivity index is 1.29. The molecule has 0 radical (unpaired) electrons. The Hall–Kier alpha value is -2.17. The van der Waals surface area contributed by atoms with Gasteiger partial charge in [0.15, 0.2) is 0 Å². The van der Waals surface area contributed by atoms with Crippen LogP contribution in [0.2, 0.25) is 0 Å². The number of fused-ring (bicyclic) bond motifs is 7. The number of hydrogen-bond donors (Lipinski definition) is 1. The van der Waals surface area contributed by atoms with Gasteiger partial charge in [-0.15, -0.1) is 0 Å². The molecule has 42 heavy (non-hydrogen) atoms. The van der Waals surface area contributed by atoms with Crippen molar-refractivity contribution in [3.05, 3.63) is 47.8 Å². The molecule has 1 aromatic rings. The molecule has 230 valence electrons. The third-order valence-electron chi connectivity index (χ3n) is 14.8. The Morgan fingerprint density at radius 1 is 0.857 bits per heavy atom. The molecule has 0 heterocycles. The van der Waals surface area contributed by atoms with Crippen LogP contribution in [0, 0.1) is 62.5 Å². The van der Waals surface area contributed by atoms with Gasteiger partial charge in [0.25, 0.3) is 0 Å². The molecule has 6 rings (SSSR count). The van der Waals surface area contributed by atoms with Gasteiger partial charge in [-0.05, 0) is 141 Å². The van der Waals surface area contributed by atoms with Gasteiger partial charge in [-0.3, -0.25) is 4.79 Å². The number of carboxylic acids is 1. The van der Waals surface area contributed by atoms with E-state index in [9.17, 15) is 19.1 Å². The van der Waals surface area contributed by atoms with Gasteiger partial charge >= 0.3 is 11.9 Å². The number of aliphatic carboxylic acids is 1. The summed E-state index contributed by atoms with van der Waals surface area (Å²) >= 11 is 0. The van der Waals surface area contributed by atoms with E-state index in [1.54, 1.807) is 0 Å². The average molecular weight is 579 g/mol. The van der Waals surface area contributed by atoms with Gasteiger partial charge in [-0.2, -0.15) is 0 Å². The number of carboxylic acid groups (broad SMARTS) is 1. The van der Waals surface area contributed by atoms with Gasteiger partial charge in [-0.1, -0.05) is 46.8 Å². The number of esters is 1. The molecule has 0 spiro atoms. The number of allylic oxidation sites excluding steroid dienone is 1. The number of halogens is 1. The van der Waals surface area contributed by atoms with E-state index in [1.807, 2.05) is 0 Å². The third kappa shape index (κ3) is 3.89. The Kier molecular flexibility index (Phi) is 6.88. The Morgan fingerprint density at radius 2 is 1.55 bits per heavy atom. The van der Waals surface area contributed by atoms with Crippen LogP contribution in [0.3, 0.4) is 0 Å². The number of benzene rings is 1. The van der Waals surface area contributed by atoms with Crippen LogP contribution in [0.15, 0.2) is 36.4 Å². The van der Waals surface area contributed by atoms with Gasteiger partial charge < -0.3 is 9.84 Å². The molecule has 5 heteroatoms. The van der Waals surface area contributed by atoms with Gasteiger partial charge in [0, 0.05) is 5.41 Å². The molecule has 0 aromatic heterocycles. The fraction of sp³-hybridized carbons (Fsp3) is 0.730. The molecule has 5 aliphatic carbocycles. The molecule has 0 unspecified atom stereocenters. The summed E-state index contributed by atoms with van der Waals surface area (Å²) in [6.07, 6.45) is 9.72. The largest absolute Gasteiger partial charge is 0.481 e. The molecular weight excluding hydrogens is 527 g/mol. The fourth-order valence-corrected chi connectivity index (χ4v) is 12.5. The Morgan fingerprint density at radius 3 is 2.19 bits per heavy atom. The predicted octanol–water partition coefficient (Wildman–Crippen LogP) is 9.09. The smallest absolute Gasteiger partial charge is 0.338 e. The fourth-order valence-electron chi connectivity index (χ4n) is 12.5. The van der Waals surface area contributed by atoms with Crippen molar-refractivity contribution in [1.82, 2.24) is 0 Å². The normalized spacial score (nSPS) is 45.5. The highest BCUT2D eigenvalue weighted by atomic mass is 19.1. The average Bonchev–Trinajstić information content (AvgIpc) is 3.33. The molecule has 0 bridgehead atoms. The van der Waals surface area contributed by atoms with Crippen LogP contribution in [0.4, 0.5) is 4.39 Å². The van der Waals surface area contributed by atoms with Crippen LogP contribution in [0.5, 0.6) is 0 Å². The molecule has 4 nitrogen and oxygen atoms in total. The highest BCUT2D eigenvalue weighted by Crippen LogP contribution is 2.77. The predicted molar refractivity (Wildman–Crippen MR) is 162 cm³/mol. The molecule has 1 aromatic carbocycles. The lowest BCUT2D eigenvalue weighted by Gasteiger charge is -2.72. The minimum absolute atomic E-state index is 0.0988. The van der Waals surface area contributed by atoms with Crippen molar-refractivity contribution >= 4 is 11.9 Å². The van der Waals surface area contributed by atoms with Crippen LogP contribution in [0.1, 0.15) is 116 Å². The molecule has 0 saturated heterocycles. The van der Waals surface area contributed by atoms with Crippen molar-refractivity contribution in [2.24, 2.45) is 56.7 Å². The molecular formula is C37H51FO4. The second-order valence-corrected chi connectivity index (χ2v) is 16.4. The van der Waals surface area contributed by atoms with Crippen LogP contribution in [0.25, 0.3) is 0 Å². The van der Waals surface area contributed by atoms with Crippen LogP contribution in [-0.2, 0) is 9.53 Å². The first-order chi connectivity index (χ1) is 19.6. The SMILES string of the molecule is C=C(C)[C@@H]1CC[C@]2(C(=O)O)CC[C@]3(C)[C@H](CC[C@@H]4[C@@]5(C)CC[C@H](OC(=O)c6ccc(F)cc6)C(C)(C)[C@@H]5CC[C@]43C)[C@@H]12. The zero-order chi connectivity index (χ0) is 30.5. The molecule has 5 aliphatic rings. The standard InChI is InChI=1S/C37H51FO4/c1-22(2)25-14-19-37(32(40)41)21-20-35(6)26(30(25)37)12-13-28-34(5)17-16-29(33(3,4)27(34)15-18-36(28,35)7)42-31(39)23-8-10-24(38)11-9-23/h8-11,25-30H,1,12-21H2,2-7H3,(H,40,41)/t25-,26+,27-,28+,29-,30+,34-,35+,36+,37-/m0/s1. The zero-order valence-electron chi connectivity index (χ0n) is 26.6. The van der Waals surface area contributed by atoms with Crippen molar-refractivity contribution in [1.29, 1.82) is 0 Å². The highest BCUT2D eigenvalue weighted by molar-refractivity contribution is 5.89. The van der Waals surface area contributed by atoms with Gasteiger partial charge in [-0.25, -0.2) is 9.18 Å². The first-order valence-electron chi connectivity index (χ1n) is 16.5. The van der Waals surface area contributed by atoms with Crippen molar-refractivity contribution < 1.29 is 23.8 Å². The van der Waals surface area contributed by atoms with Crippen molar-refractivity contribution in [3.63, 3.8) is 0 Å². The lowest BCUT2D eigenvalue weighted by Crippen LogP contribution is -2.67. The highest BCUT2D eigenvalue weighted by Gasteiger charge is 2.72. The zero-order valence-corrected chi connectivity index (χ0v) is 26.6. The van der Waals surface area contributed by atoms with Crippen molar-refractivity contribution in [2.75, 3.05) is 0 Å². The molecule has 10 atom stereocenters. The van der Waals surface area contributed by atoms with Crippen LogP contribution < -0.4 is 0 Å². The topological polar surface area (TPSA) is 63.6 Å². The summed E-state index contributed by atoms with van der Waals surface area (Å²) in [6.45, 7) is 18.7. The molecule has 0 aliphatic heterocycles. The lowest BCUT2D eigenvalue weighted by atomic mass is 9.32. The maximum Gasteiger partial charge on any atom is 0.338 e. The molecule has 1 N–H and O–H groups in total. The van der Waals surface area contributed by atoms with Gasteiger partial charge in [0.1, 0.15) is 11.9 Å². The second-order valence-electron chi connectivity index (χ2n) is 16.4. The quantitative estimate of drug-likeness (QED) is 0.286. The Labute approximate surface area is 251 Å². The van der Waals surface area contributed by atoms with Gasteiger partial charge in [0.2, 0.25) is 0 Å². The van der Waals surface area contributed by atoms with E-state index in [-0.39, 0.29) is 45.5 Å². The van der Waals surface area contributed by atoms with E-state index in [1.165, 1.54) is 29.8 Å². The van der Waals surface area contributed by atoms with E-state index >= 15 is 0 Å². The van der Waals surface area contributed by atoms with E-state index in [0.717, 1.165) is 64.2 Å². The summed E-state index contributed by atoms with van der Waals surface area (Å²) in [5, 5.41) is 10.6. The van der Waals surface area contributed by atoms with Crippen molar-refractivity contribution in [2.45, 2.75) is 112 Å². The third-order valence-corrected chi connectivity index (χ3v) is 14.8. The maximum atomic E-state index is 13.4. The summed E-state index contributed by atoms with van der Waals surface area (Å²) < 4.78 is 19.6. The number of hydrogen-bond acceptors (Lipinski definition) is 3. The molecule has 5 saturated carbocycles. The minimum atomic E-state index is -0.591.